The Morgan fingerprint density at radius 2 is 1.17 bits per heavy atom. The number of rotatable bonds is 7. The molecule has 0 unspecified atom stereocenters. The first-order valence-corrected chi connectivity index (χ1v) is 11.7. The molecule has 1 N–H and O–H groups in total. The number of aromatic hydroxyl groups is 1. The number of anilines is 2. The van der Waals surface area contributed by atoms with Crippen molar-refractivity contribution in [3.63, 3.8) is 0 Å². The van der Waals surface area contributed by atoms with Gasteiger partial charge in [0, 0.05) is 50.7 Å². The van der Waals surface area contributed by atoms with Gasteiger partial charge >= 0.3 is 0 Å². The van der Waals surface area contributed by atoms with Crippen LogP contribution in [0.25, 0.3) is 32.3 Å². The van der Waals surface area contributed by atoms with Crippen LogP contribution in [0.3, 0.4) is 0 Å². The van der Waals surface area contributed by atoms with E-state index < -0.39 is 0 Å². The molecule has 0 bridgehead atoms. The third-order valence-electron chi connectivity index (χ3n) is 5.66. The third kappa shape index (κ3) is 5.31. The van der Waals surface area contributed by atoms with Crippen LogP contribution < -0.4 is 19.3 Å². The van der Waals surface area contributed by atoms with E-state index >= 15 is 0 Å². The fourth-order valence-electron chi connectivity index (χ4n) is 3.68. The molecule has 184 valence electrons. The Kier molecular flexibility index (Phi) is 8.14. The molecule has 1 heterocycles. The smallest absolute Gasteiger partial charge is 0.200 e. The van der Waals surface area contributed by atoms with E-state index in [9.17, 15) is 5.11 Å². The standard InChI is InChI=1S/C27H29N3O3S.ClH/c1-29(2)20-11-7-17(8-12-20)24-26(18-9-13-21(14-10-18)30(3)4)34-27(28-24)19-15-22(32-5)25(31)23(16-19)33-6;/h7-16,31H,1-6H3;1H. The molecule has 4 aromatic rings. The summed E-state index contributed by atoms with van der Waals surface area (Å²) in [6.45, 7) is 0. The van der Waals surface area contributed by atoms with Crippen LogP contribution in [0.1, 0.15) is 0 Å². The topological polar surface area (TPSA) is 58.1 Å². The zero-order chi connectivity index (χ0) is 24.4. The van der Waals surface area contributed by atoms with Crippen LogP contribution in [-0.2, 0) is 0 Å². The molecular formula is C27H30ClN3O3S. The summed E-state index contributed by atoms with van der Waals surface area (Å²) in [7, 11) is 11.2. The zero-order valence-electron chi connectivity index (χ0n) is 20.7. The number of thiazole rings is 1. The molecule has 35 heavy (non-hydrogen) atoms. The number of phenols is 1. The number of halogens is 1. The van der Waals surface area contributed by atoms with E-state index in [0.29, 0.717) is 11.5 Å². The molecule has 0 spiro atoms. The lowest BCUT2D eigenvalue weighted by molar-refractivity contribution is 0.340. The number of phenolic OH excluding ortho intramolecular Hbond substituents is 1. The van der Waals surface area contributed by atoms with E-state index in [-0.39, 0.29) is 18.2 Å². The summed E-state index contributed by atoms with van der Waals surface area (Å²) in [5, 5.41) is 11.2. The predicted octanol–water partition coefficient (Wildman–Crippen LogP) is 6.42. The molecule has 0 aliphatic rings. The van der Waals surface area contributed by atoms with Gasteiger partial charge < -0.3 is 24.4 Å². The van der Waals surface area contributed by atoms with Gasteiger partial charge in [-0.3, -0.25) is 0 Å². The van der Waals surface area contributed by atoms with E-state index in [1.165, 1.54) is 14.2 Å². The molecule has 1 aromatic heterocycles. The van der Waals surface area contributed by atoms with Gasteiger partial charge in [-0.15, -0.1) is 23.7 Å². The molecule has 0 saturated heterocycles. The minimum atomic E-state index is -0.0238. The van der Waals surface area contributed by atoms with E-state index in [1.807, 2.05) is 28.2 Å². The summed E-state index contributed by atoms with van der Waals surface area (Å²) in [6.07, 6.45) is 0. The number of hydrogen-bond acceptors (Lipinski definition) is 7. The largest absolute Gasteiger partial charge is 0.502 e. The molecule has 4 rings (SSSR count). The average molecular weight is 512 g/mol. The summed E-state index contributed by atoms with van der Waals surface area (Å²) in [5.41, 5.74) is 6.13. The van der Waals surface area contributed by atoms with Crippen molar-refractivity contribution in [1.29, 1.82) is 0 Å². The Hall–Kier alpha value is -3.42. The zero-order valence-corrected chi connectivity index (χ0v) is 22.3. The maximum absolute atomic E-state index is 10.3. The van der Waals surface area contributed by atoms with Gasteiger partial charge in [0.15, 0.2) is 11.5 Å². The number of aromatic nitrogens is 1. The van der Waals surface area contributed by atoms with Crippen LogP contribution in [0.2, 0.25) is 0 Å². The molecule has 0 aliphatic carbocycles. The summed E-state index contributed by atoms with van der Waals surface area (Å²) in [4.78, 5) is 10.3. The third-order valence-corrected chi connectivity index (χ3v) is 6.81. The van der Waals surface area contributed by atoms with Crippen molar-refractivity contribution >= 4 is 35.1 Å². The van der Waals surface area contributed by atoms with Gasteiger partial charge in [-0.05, 0) is 42.0 Å². The first-order valence-electron chi connectivity index (χ1n) is 10.8. The van der Waals surface area contributed by atoms with Gasteiger partial charge in [-0.25, -0.2) is 4.98 Å². The maximum Gasteiger partial charge on any atom is 0.200 e. The highest BCUT2D eigenvalue weighted by molar-refractivity contribution is 7.19. The summed E-state index contributed by atoms with van der Waals surface area (Å²) < 4.78 is 10.7. The van der Waals surface area contributed by atoms with Crippen molar-refractivity contribution < 1.29 is 14.6 Å². The number of nitrogens with zero attached hydrogens (tertiary/aromatic N) is 3. The Balaban J connectivity index is 0.00000342. The Labute approximate surface area is 216 Å². The molecule has 0 atom stereocenters. The lowest BCUT2D eigenvalue weighted by atomic mass is 10.1. The quantitative estimate of drug-likeness (QED) is 0.309. The van der Waals surface area contributed by atoms with Gasteiger partial charge in [0.1, 0.15) is 5.01 Å². The Morgan fingerprint density at radius 3 is 1.60 bits per heavy atom. The minimum absolute atomic E-state index is 0. The second-order valence-corrected chi connectivity index (χ2v) is 9.31. The van der Waals surface area contributed by atoms with Crippen LogP contribution in [0, 0.1) is 0 Å². The van der Waals surface area contributed by atoms with Gasteiger partial charge in [0.25, 0.3) is 0 Å². The normalized spacial score (nSPS) is 10.5. The van der Waals surface area contributed by atoms with Crippen LogP contribution in [0.4, 0.5) is 11.4 Å². The van der Waals surface area contributed by atoms with Gasteiger partial charge in [0.05, 0.1) is 24.8 Å². The van der Waals surface area contributed by atoms with Crippen molar-refractivity contribution in [1.82, 2.24) is 4.98 Å². The molecule has 0 radical (unpaired) electrons. The second-order valence-electron chi connectivity index (χ2n) is 8.31. The highest BCUT2D eigenvalue weighted by atomic mass is 35.5. The number of hydrogen-bond donors (Lipinski definition) is 1. The fraction of sp³-hybridized carbons (Fsp3) is 0.222. The highest BCUT2D eigenvalue weighted by Crippen LogP contribution is 2.45. The van der Waals surface area contributed by atoms with E-state index in [4.69, 9.17) is 14.5 Å². The molecule has 0 amide bonds. The highest BCUT2D eigenvalue weighted by Gasteiger charge is 2.19. The van der Waals surface area contributed by atoms with Crippen molar-refractivity contribution in [2.75, 3.05) is 52.2 Å². The van der Waals surface area contributed by atoms with Crippen molar-refractivity contribution in [3.8, 4) is 49.5 Å². The number of methoxy groups -OCH3 is 2. The lowest BCUT2D eigenvalue weighted by Gasteiger charge is -2.13. The molecule has 0 saturated carbocycles. The van der Waals surface area contributed by atoms with Crippen LogP contribution >= 0.6 is 23.7 Å². The van der Waals surface area contributed by atoms with E-state index in [1.54, 1.807) is 23.5 Å². The van der Waals surface area contributed by atoms with Crippen molar-refractivity contribution in [3.05, 3.63) is 60.7 Å². The molecule has 0 aliphatic heterocycles. The predicted molar refractivity (Wildman–Crippen MR) is 149 cm³/mol. The molecular weight excluding hydrogens is 482 g/mol. The van der Waals surface area contributed by atoms with Gasteiger partial charge in [-0.1, -0.05) is 24.3 Å². The lowest BCUT2D eigenvalue weighted by Crippen LogP contribution is -2.08. The summed E-state index contributed by atoms with van der Waals surface area (Å²) in [6, 6.07) is 20.4. The van der Waals surface area contributed by atoms with E-state index in [2.05, 4.69) is 58.3 Å². The Bertz CT molecular complexity index is 1190. The van der Waals surface area contributed by atoms with Crippen molar-refractivity contribution in [2.24, 2.45) is 0 Å². The first kappa shape index (κ1) is 26.2. The van der Waals surface area contributed by atoms with Crippen LogP contribution in [0.15, 0.2) is 60.7 Å². The summed E-state index contributed by atoms with van der Waals surface area (Å²) in [5.74, 6) is 0.668. The van der Waals surface area contributed by atoms with Gasteiger partial charge in [-0.2, -0.15) is 0 Å². The number of benzene rings is 3. The van der Waals surface area contributed by atoms with Gasteiger partial charge in [0.2, 0.25) is 5.75 Å². The molecule has 3 aromatic carbocycles. The molecule has 0 fully saturated rings. The van der Waals surface area contributed by atoms with Crippen LogP contribution in [-0.4, -0.2) is 52.5 Å². The Morgan fingerprint density at radius 1 is 0.714 bits per heavy atom. The summed E-state index contributed by atoms with van der Waals surface area (Å²) >= 11 is 1.60. The fourth-order valence-corrected chi connectivity index (χ4v) is 4.76. The average Bonchev–Trinajstić information content (AvgIpc) is 3.30. The van der Waals surface area contributed by atoms with Crippen LogP contribution in [0.5, 0.6) is 17.2 Å². The van der Waals surface area contributed by atoms with Crippen molar-refractivity contribution in [2.45, 2.75) is 0 Å². The van der Waals surface area contributed by atoms with E-state index in [0.717, 1.165) is 43.6 Å². The minimum Gasteiger partial charge on any atom is -0.502 e. The first-order chi connectivity index (χ1) is 16.3. The SMILES string of the molecule is COc1cc(-c2nc(-c3ccc(N(C)C)cc3)c(-c3ccc(N(C)C)cc3)s2)cc(OC)c1O.Cl. The molecule has 6 nitrogen and oxygen atoms in total. The second kappa shape index (κ2) is 10.9. The monoisotopic (exact) mass is 511 g/mol. The molecule has 8 heteroatoms. The number of ether oxygens (including phenoxy) is 2. The maximum atomic E-state index is 10.3.